The minimum atomic E-state index is 0.974. The maximum absolute atomic E-state index is 4.38. The minimum absolute atomic E-state index is 0.974. The summed E-state index contributed by atoms with van der Waals surface area (Å²) in [5.41, 5.74) is 2.02. The summed E-state index contributed by atoms with van der Waals surface area (Å²) >= 11 is 0. The summed E-state index contributed by atoms with van der Waals surface area (Å²) in [6.07, 6.45) is 9.22. The molecular formula is C15H19N3. The maximum Gasteiger partial charge on any atom is 0.0590 e. The average molecular weight is 241 g/mol. The number of nitrogens with one attached hydrogen (secondary N) is 1. The van der Waals surface area contributed by atoms with Crippen LogP contribution in [0, 0.1) is 0 Å². The van der Waals surface area contributed by atoms with Crippen molar-refractivity contribution in [2.45, 2.75) is 0 Å². The molecule has 0 spiro atoms. The van der Waals surface area contributed by atoms with Crippen LogP contribution in [0.15, 0.2) is 72.0 Å². The molecule has 18 heavy (non-hydrogen) atoms. The lowest BCUT2D eigenvalue weighted by Crippen LogP contribution is -2.08. The Morgan fingerprint density at radius 1 is 1.33 bits per heavy atom. The maximum atomic E-state index is 4.38. The summed E-state index contributed by atoms with van der Waals surface area (Å²) in [7, 11) is 3.77. The third kappa shape index (κ3) is 4.70. The van der Waals surface area contributed by atoms with E-state index >= 15 is 0 Å². The van der Waals surface area contributed by atoms with Crippen LogP contribution in [0.4, 0.5) is 5.69 Å². The molecule has 1 rings (SSSR count). The van der Waals surface area contributed by atoms with Gasteiger partial charge in [-0.25, -0.2) is 0 Å². The number of benzene rings is 1. The minimum Gasteiger partial charge on any atom is -0.394 e. The van der Waals surface area contributed by atoms with Crippen molar-refractivity contribution >= 4 is 11.9 Å². The summed E-state index contributed by atoms with van der Waals surface area (Å²) < 4.78 is 0. The highest BCUT2D eigenvalue weighted by molar-refractivity contribution is 5.83. The smallest absolute Gasteiger partial charge is 0.0590 e. The first kappa shape index (κ1) is 13.8. The number of rotatable bonds is 6. The van der Waals surface area contributed by atoms with Gasteiger partial charge in [-0.05, 0) is 30.0 Å². The van der Waals surface area contributed by atoms with Crippen LogP contribution in [-0.2, 0) is 0 Å². The first-order valence-electron chi connectivity index (χ1n) is 5.77. The van der Waals surface area contributed by atoms with E-state index in [-0.39, 0.29) is 0 Å². The van der Waals surface area contributed by atoms with Crippen LogP contribution in [0.2, 0.25) is 0 Å². The highest BCUT2D eigenvalue weighted by atomic mass is 15.4. The van der Waals surface area contributed by atoms with Crippen molar-refractivity contribution in [1.82, 2.24) is 5.32 Å². The molecule has 0 aliphatic rings. The Labute approximate surface area is 109 Å². The van der Waals surface area contributed by atoms with E-state index in [9.17, 15) is 0 Å². The molecule has 0 saturated carbocycles. The topological polar surface area (TPSA) is 27.6 Å². The van der Waals surface area contributed by atoms with Crippen LogP contribution in [0.3, 0.4) is 0 Å². The lowest BCUT2D eigenvalue weighted by molar-refractivity contribution is 1.02. The fourth-order valence-electron chi connectivity index (χ4n) is 1.32. The van der Waals surface area contributed by atoms with Crippen LogP contribution < -0.4 is 10.3 Å². The van der Waals surface area contributed by atoms with E-state index in [4.69, 9.17) is 0 Å². The van der Waals surface area contributed by atoms with Gasteiger partial charge in [0.05, 0.1) is 11.9 Å². The Morgan fingerprint density at radius 3 is 2.67 bits per heavy atom. The number of hydrogen-bond acceptors (Lipinski definition) is 3. The molecule has 0 aliphatic carbocycles. The zero-order chi connectivity index (χ0) is 13.2. The van der Waals surface area contributed by atoms with Gasteiger partial charge in [0.15, 0.2) is 0 Å². The summed E-state index contributed by atoms with van der Waals surface area (Å²) in [5, 5.41) is 9.15. The Kier molecular flexibility index (Phi) is 6.04. The van der Waals surface area contributed by atoms with Crippen LogP contribution in [0.1, 0.15) is 0 Å². The fourth-order valence-corrected chi connectivity index (χ4v) is 1.32. The van der Waals surface area contributed by atoms with Gasteiger partial charge in [0.25, 0.3) is 0 Å². The number of nitrogens with zero attached hydrogens (tertiary/aromatic N) is 2. The van der Waals surface area contributed by atoms with Crippen LogP contribution >= 0.6 is 0 Å². The Morgan fingerprint density at radius 2 is 2.06 bits per heavy atom. The van der Waals surface area contributed by atoms with Gasteiger partial charge in [-0.1, -0.05) is 36.9 Å². The Balaban J connectivity index is 2.75. The fraction of sp³-hybridized carbons (Fsp3) is 0.133. The van der Waals surface area contributed by atoms with E-state index in [0.29, 0.717) is 0 Å². The molecule has 0 aliphatic heterocycles. The number of hydrogen-bond donors (Lipinski definition) is 1. The normalized spacial score (nSPS) is 12.0. The van der Waals surface area contributed by atoms with Gasteiger partial charge < -0.3 is 5.32 Å². The van der Waals surface area contributed by atoms with Gasteiger partial charge in [0.2, 0.25) is 0 Å². The van der Waals surface area contributed by atoms with E-state index < -0.39 is 0 Å². The molecule has 94 valence electrons. The number of allylic oxidation sites excluding steroid dienone is 4. The summed E-state index contributed by atoms with van der Waals surface area (Å²) in [5.74, 6) is 0. The third-order valence-corrected chi connectivity index (χ3v) is 2.26. The molecule has 1 aromatic rings. The monoisotopic (exact) mass is 241 g/mol. The largest absolute Gasteiger partial charge is 0.394 e. The molecule has 0 amide bonds. The van der Waals surface area contributed by atoms with E-state index in [1.807, 2.05) is 67.8 Å². The molecule has 0 fully saturated rings. The van der Waals surface area contributed by atoms with E-state index in [1.54, 1.807) is 12.3 Å². The standard InChI is InChI=1S/C15H19N3/c1-4-8-14(11-12-16-2)13-17-18(3)15-9-6-5-7-10-15/h4-13,16H,1H2,2-3H3/b12-11-,14-8+,17-13?. The second-order valence-electron chi connectivity index (χ2n) is 3.63. The quantitative estimate of drug-likeness (QED) is 0.471. The zero-order valence-corrected chi connectivity index (χ0v) is 10.9. The molecule has 0 radical (unpaired) electrons. The van der Waals surface area contributed by atoms with Crippen molar-refractivity contribution in [3.8, 4) is 0 Å². The lowest BCUT2D eigenvalue weighted by atomic mass is 10.2. The molecule has 0 bridgehead atoms. The molecule has 1 aromatic carbocycles. The van der Waals surface area contributed by atoms with E-state index in [1.165, 1.54) is 0 Å². The predicted octanol–water partition coefficient (Wildman–Crippen LogP) is 2.95. The van der Waals surface area contributed by atoms with Crippen molar-refractivity contribution in [3.05, 3.63) is 66.9 Å². The van der Waals surface area contributed by atoms with Gasteiger partial charge in [-0.3, -0.25) is 5.01 Å². The molecule has 0 saturated heterocycles. The molecule has 1 N–H and O–H groups in total. The van der Waals surface area contributed by atoms with Gasteiger partial charge in [-0.2, -0.15) is 5.10 Å². The number of para-hydroxylation sites is 1. The predicted molar refractivity (Wildman–Crippen MR) is 79.8 cm³/mol. The van der Waals surface area contributed by atoms with Crippen molar-refractivity contribution in [2.75, 3.05) is 19.1 Å². The molecule has 0 unspecified atom stereocenters. The average Bonchev–Trinajstić information content (AvgIpc) is 2.42. The van der Waals surface area contributed by atoms with Gasteiger partial charge in [0, 0.05) is 14.1 Å². The van der Waals surface area contributed by atoms with E-state index in [2.05, 4.69) is 17.0 Å². The second kappa shape index (κ2) is 7.90. The Bertz CT molecular complexity index is 444. The first-order valence-corrected chi connectivity index (χ1v) is 5.77. The van der Waals surface area contributed by atoms with Crippen LogP contribution in [-0.4, -0.2) is 20.3 Å². The SMILES string of the molecule is C=C/C=C(C=NN(C)c1ccccc1)\C=C/NC. The highest BCUT2D eigenvalue weighted by Gasteiger charge is 1.95. The zero-order valence-electron chi connectivity index (χ0n) is 10.9. The number of hydrazone groups is 1. The molecule has 0 atom stereocenters. The van der Waals surface area contributed by atoms with Gasteiger partial charge >= 0.3 is 0 Å². The molecule has 0 heterocycles. The summed E-state index contributed by atoms with van der Waals surface area (Å²) in [4.78, 5) is 0. The highest BCUT2D eigenvalue weighted by Crippen LogP contribution is 2.10. The number of anilines is 1. The summed E-state index contributed by atoms with van der Waals surface area (Å²) in [6, 6.07) is 9.99. The van der Waals surface area contributed by atoms with Crippen LogP contribution in [0.5, 0.6) is 0 Å². The van der Waals surface area contributed by atoms with Gasteiger partial charge in [0.1, 0.15) is 0 Å². The van der Waals surface area contributed by atoms with Crippen molar-refractivity contribution < 1.29 is 0 Å². The molecular weight excluding hydrogens is 222 g/mol. The second-order valence-corrected chi connectivity index (χ2v) is 3.63. The lowest BCUT2D eigenvalue weighted by Gasteiger charge is -2.12. The molecule has 0 aromatic heterocycles. The van der Waals surface area contributed by atoms with Crippen molar-refractivity contribution in [1.29, 1.82) is 0 Å². The van der Waals surface area contributed by atoms with E-state index in [0.717, 1.165) is 11.3 Å². The summed E-state index contributed by atoms with van der Waals surface area (Å²) in [6.45, 7) is 3.69. The Hall–Kier alpha value is -2.29. The van der Waals surface area contributed by atoms with Crippen molar-refractivity contribution in [2.24, 2.45) is 5.10 Å². The molecule has 3 nitrogen and oxygen atoms in total. The van der Waals surface area contributed by atoms with Crippen LogP contribution in [0.25, 0.3) is 0 Å². The first-order chi connectivity index (χ1) is 8.77. The van der Waals surface area contributed by atoms with Gasteiger partial charge in [-0.15, -0.1) is 0 Å². The molecule has 3 heteroatoms. The third-order valence-electron chi connectivity index (χ3n) is 2.26. The van der Waals surface area contributed by atoms with Crippen molar-refractivity contribution in [3.63, 3.8) is 0 Å².